The average Bonchev–Trinajstić information content (AvgIpc) is 3.33. The Bertz CT molecular complexity index is 1150. The van der Waals surface area contributed by atoms with Gasteiger partial charge in [-0.05, 0) is 24.3 Å². The molecule has 0 spiro atoms. The largest absolute Gasteiger partial charge is 0.457 e. The van der Waals surface area contributed by atoms with Crippen LogP contribution < -0.4 is 5.32 Å². The molecule has 0 atom stereocenters. The molecule has 0 saturated carbocycles. The van der Waals surface area contributed by atoms with Crippen LogP contribution >= 0.6 is 11.3 Å². The zero-order chi connectivity index (χ0) is 20.2. The second kappa shape index (κ2) is 8.24. The molecular weight excluding hydrogens is 395 g/mol. The van der Waals surface area contributed by atoms with E-state index in [1.807, 2.05) is 30.3 Å². The topological polar surface area (TPSA) is 81.4 Å². The molecule has 0 aliphatic rings. The van der Waals surface area contributed by atoms with Gasteiger partial charge in [0.05, 0.1) is 17.7 Å². The smallest absolute Gasteiger partial charge is 0.312 e. The van der Waals surface area contributed by atoms with Gasteiger partial charge in [0.15, 0.2) is 5.13 Å². The highest BCUT2D eigenvalue weighted by Crippen LogP contribution is 2.20. The van der Waals surface area contributed by atoms with Gasteiger partial charge >= 0.3 is 5.97 Å². The van der Waals surface area contributed by atoms with Crippen molar-refractivity contribution >= 4 is 39.3 Å². The summed E-state index contributed by atoms with van der Waals surface area (Å²) in [6.45, 7) is 0.0223. The number of amides is 1. The number of fused-ring (bicyclic) bond motifs is 1. The molecule has 1 N–H and O–H groups in total. The van der Waals surface area contributed by atoms with E-state index in [0.717, 1.165) is 22.3 Å². The molecule has 0 unspecified atom stereocenters. The molecule has 0 fully saturated rings. The standard InChI is InChI=1S/C21H15FN2O4S/c22-17-7-3-2-6-16(17)20(26)24-21-23-14(12-29-21)10-19(25)27-11-15-9-13-5-1-4-8-18(13)28-15/h1-9,12H,10-11H2,(H,23,24,26). The zero-order valence-electron chi connectivity index (χ0n) is 15.1. The van der Waals surface area contributed by atoms with Crippen molar-refractivity contribution < 1.29 is 23.1 Å². The molecule has 4 aromatic rings. The number of carbonyl (C=O) groups is 2. The number of rotatable bonds is 6. The van der Waals surface area contributed by atoms with Crippen molar-refractivity contribution in [2.24, 2.45) is 0 Å². The summed E-state index contributed by atoms with van der Waals surface area (Å²) in [5.74, 6) is -1.13. The average molecular weight is 410 g/mol. The predicted molar refractivity (Wildman–Crippen MR) is 106 cm³/mol. The number of nitrogens with zero attached hydrogens (tertiary/aromatic N) is 1. The first kappa shape index (κ1) is 18.8. The molecule has 2 aromatic carbocycles. The first-order chi connectivity index (χ1) is 14.1. The van der Waals surface area contributed by atoms with Crippen LogP contribution in [0.1, 0.15) is 21.8 Å². The van der Waals surface area contributed by atoms with Gasteiger partial charge in [-0.3, -0.25) is 14.9 Å². The van der Waals surface area contributed by atoms with E-state index in [1.54, 1.807) is 11.4 Å². The number of thiazole rings is 1. The Labute approximate surface area is 168 Å². The normalized spacial score (nSPS) is 10.8. The number of benzene rings is 2. The molecule has 0 saturated heterocycles. The van der Waals surface area contributed by atoms with Crippen LogP contribution in [0.3, 0.4) is 0 Å². The number of halogens is 1. The first-order valence-corrected chi connectivity index (χ1v) is 9.60. The Balaban J connectivity index is 1.32. The summed E-state index contributed by atoms with van der Waals surface area (Å²) < 4.78 is 24.5. The van der Waals surface area contributed by atoms with E-state index in [1.165, 1.54) is 18.2 Å². The number of hydrogen-bond donors (Lipinski definition) is 1. The van der Waals surface area contributed by atoms with Crippen molar-refractivity contribution in [2.45, 2.75) is 13.0 Å². The fourth-order valence-corrected chi connectivity index (χ4v) is 3.42. The Morgan fingerprint density at radius 2 is 1.93 bits per heavy atom. The predicted octanol–water partition coefficient (Wildman–Crippen LogP) is 4.57. The zero-order valence-corrected chi connectivity index (χ0v) is 15.9. The minimum absolute atomic E-state index is 0.0223. The van der Waals surface area contributed by atoms with Crippen LogP contribution in [0.5, 0.6) is 0 Å². The van der Waals surface area contributed by atoms with Crippen molar-refractivity contribution in [3.8, 4) is 0 Å². The molecule has 0 aliphatic carbocycles. The number of para-hydroxylation sites is 1. The Kier molecular flexibility index (Phi) is 5.35. The van der Waals surface area contributed by atoms with Crippen LogP contribution in [0, 0.1) is 5.82 Å². The van der Waals surface area contributed by atoms with Gasteiger partial charge in [-0.1, -0.05) is 30.3 Å². The fourth-order valence-electron chi connectivity index (χ4n) is 2.71. The monoisotopic (exact) mass is 410 g/mol. The highest BCUT2D eigenvalue weighted by atomic mass is 32.1. The van der Waals surface area contributed by atoms with E-state index in [4.69, 9.17) is 9.15 Å². The molecule has 2 heterocycles. The highest BCUT2D eigenvalue weighted by molar-refractivity contribution is 7.14. The molecule has 1 amide bonds. The van der Waals surface area contributed by atoms with E-state index in [9.17, 15) is 14.0 Å². The Morgan fingerprint density at radius 3 is 2.76 bits per heavy atom. The number of esters is 1. The van der Waals surface area contributed by atoms with Crippen LogP contribution in [0.2, 0.25) is 0 Å². The number of nitrogens with one attached hydrogen (secondary N) is 1. The van der Waals surface area contributed by atoms with Crippen LogP contribution in [0.15, 0.2) is 64.4 Å². The summed E-state index contributed by atoms with van der Waals surface area (Å²) >= 11 is 1.15. The van der Waals surface area contributed by atoms with Gasteiger partial charge in [0.1, 0.15) is 23.8 Å². The minimum Gasteiger partial charge on any atom is -0.457 e. The summed E-state index contributed by atoms with van der Waals surface area (Å²) in [5.41, 5.74) is 1.11. The van der Waals surface area contributed by atoms with Gasteiger partial charge in [-0.2, -0.15) is 0 Å². The molecule has 2 aromatic heterocycles. The summed E-state index contributed by atoms with van der Waals surface area (Å²) in [7, 11) is 0. The number of ether oxygens (including phenoxy) is 1. The third kappa shape index (κ3) is 4.49. The molecule has 29 heavy (non-hydrogen) atoms. The maximum atomic E-state index is 13.7. The van der Waals surface area contributed by atoms with Crippen molar-refractivity contribution in [1.29, 1.82) is 0 Å². The lowest BCUT2D eigenvalue weighted by Crippen LogP contribution is -2.13. The molecule has 0 radical (unpaired) electrons. The third-order valence-corrected chi connectivity index (χ3v) is 4.87. The van der Waals surface area contributed by atoms with Crippen molar-refractivity contribution in [1.82, 2.24) is 4.98 Å². The number of furan rings is 1. The minimum atomic E-state index is -0.615. The first-order valence-electron chi connectivity index (χ1n) is 8.72. The number of anilines is 1. The van der Waals surface area contributed by atoms with Crippen LogP contribution in [-0.4, -0.2) is 16.9 Å². The Morgan fingerprint density at radius 1 is 1.14 bits per heavy atom. The lowest BCUT2D eigenvalue weighted by molar-refractivity contribution is -0.144. The summed E-state index contributed by atoms with van der Waals surface area (Å²) in [6.07, 6.45) is -0.0493. The van der Waals surface area contributed by atoms with E-state index in [0.29, 0.717) is 11.5 Å². The molecule has 8 heteroatoms. The van der Waals surface area contributed by atoms with Crippen molar-refractivity contribution in [3.05, 3.63) is 82.8 Å². The van der Waals surface area contributed by atoms with E-state index < -0.39 is 17.7 Å². The van der Waals surface area contributed by atoms with Crippen molar-refractivity contribution in [2.75, 3.05) is 5.32 Å². The molecule has 0 bridgehead atoms. The van der Waals surface area contributed by atoms with Crippen molar-refractivity contribution in [3.63, 3.8) is 0 Å². The van der Waals surface area contributed by atoms with Gasteiger partial charge < -0.3 is 9.15 Å². The lowest BCUT2D eigenvalue weighted by atomic mass is 10.2. The van der Waals surface area contributed by atoms with E-state index >= 15 is 0 Å². The van der Waals surface area contributed by atoms with Gasteiger partial charge in [-0.15, -0.1) is 11.3 Å². The van der Waals surface area contributed by atoms with Crippen LogP contribution in [0.25, 0.3) is 11.0 Å². The van der Waals surface area contributed by atoms with Gasteiger partial charge in [0.2, 0.25) is 0 Å². The van der Waals surface area contributed by atoms with Gasteiger partial charge in [0, 0.05) is 10.8 Å². The lowest BCUT2D eigenvalue weighted by Gasteiger charge is -2.03. The Hall–Kier alpha value is -3.52. The number of aromatic nitrogens is 1. The van der Waals surface area contributed by atoms with E-state index in [-0.39, 0.29) is 23.7 Å². The molecule has 146 valence electrons. The molecule has 0 aliphatic heterocycles. The van der Waals surface area contributed by atoms with Gasteiger partial charge in [0.25, 0.3) is 5.91 Å². The summed E-state index contributed by atoms with van der Waals surface area (Å²) in [4.78, 5) is 28.4. The van der Waals surface area contributed by atoms with E-state index in [2.05, 4.69) is 10.3 Å². The molecule has 6 nitrogen and oxygen atoms in total. The van der Waals surface area contributed by atoms with Crippen LogP contribution in [0.4, 0.5) is 9.52 Å². The quantitative estimate of drug-likeness (QED) is 0.471. The second-order valence-corrected chi connectivity index (χ2v) is 7.02. The summed E-state index contributed by atoms with van der Waals surface area (Å²) in [6, 6.07) is 15.0. The summed E-state index contributed by atoms with van der Waals surface area (Å²) in [5, 5.41) is 5.38. The van der Waals surface area contributed by atoms with Crippen LogP contribution in [-0.2, 0) is 22.6 Å². The molecule has 4 rings (SSSR count). The number of carbonyl (C=O) groups excluding carboxylic acids is 2. The SMILES string of the molecule is O=C(Cc1csc(NC(=O)c2ccccc2F)n1)OCc1cc2ccccc2o1. The third-order valence-electron chi connectivity index (χ3n) is 4.07. The number of hydrogen-bond acceptors (Lipinski definition) is 6. The fraction of sp³-hybridized carbons (Fsp3) is 0.0952. The molecular formula is C21H15FN2O4S. The maximum absolute atomic E-state index is 13.7. The highest BCUT2D eigenvalue weighted by Gasteiger charge is 2.15. The maximum Gasteiger partial charge on any atom is 0.312 e. The second-order valence-electron chi connectivity index (χ2n) is 6.17. The van der Waals surface area contributed by atoms with Gasteiger partial charge in [-0.25, -0.2) is 9.37 Å².